The Balaban J connectivity index is 1.90. The molecule has 2 atom stereocenters. The van der Waals surface area contributed by atoms with E-state index in [9.17, 15) is 14.4 Å². The number of amides is 1. The summed E-state index contributed by atoms with van der Waals surface area (Å²) in [6, 6.07) is 18.1. The Bertz CT molecular complexity index is 802. The van der Waals surface area contributed by atoms with E-state index in [1.807, 2.05) is 32.0 Å². The number of hydrogen-bond acceptors (Lipinski definition) is 3. The zero-order valence-corrected chi connectivity index (χ0v) is 15.0. The Morgan fingerprint density at radius 2 is 1.62 bits per heavy atom. The van der Waals surface area contributed by atoms with Crippen molar-refractivity contribution in [1.29, 1.82) is 0 Å². The highest BCUT2D eigenvalue weighted by Crippen LogP contribution is 2.38. The molecule has 0 saturated carbocycles. The SMILES string of the molecule is CC(C)(c1ccc(-c2ccccc2)cc1)[C@@H]1CC(C=O)C(=O)N1[B]C=O. The van der Waals surface area contributed by atoms with Gasteiger partial charge < -0.3 is 14.4 Å². The average Bonchev–Trinajstić information content (AvgIpc) is 2.99. The van der Waals surface area contributed by atoms with Crippen LogP contribution in [0.1, 0.15) is 25.8 Å². The van der Waals surface area contributed by atoms with Gasteiger partial charge in [-0.15, -0.1) is 0 Å². The summed E-state index contributed by atoms with van der Waals surface area (Å²) >= 11 is 0. The lowest BCUT2D eigenvalue weighted by molar-refractivity contribution is -0.130. The summed E-state index contributed by atoms with van der Waals surface area (Å²) < 4.78 is 0. The molecule has 1 amide bonds. The van der Waals surface area contributed by atoms with Gasteiger partial charge in [0.15, 0.2) is 0 Å². The maximum absolute atomic E-state index is 12.4. The number of carbonyl (C=O) groups is 3. The van der Waals surface area contributed by atoms with Crippen molar-refractivity contribution in [2.45, 2.75) is 31.7 Å². The normalized spacial score (nSPS) is 20.1. The van der Waals surface area contributed by atoms with E-state index in [0.717, 1.165) is 16.7 Å². The first-order valence-corrected chi connectivity index (χ1v) is 8.71. The zero-order chi connectivity index (χ0) is 18.7. The second-order valence-corrected chi connectivity index (χ2v) is 7.19. The van der Waals surface area contributed by atoms with Crippen molar-refractivity contribution in [2.75, 3.05) is 0 Å². The van der Waals surface area contributed by atoms with Gasteiger partial charge in [-0.1, -0.05) is 68.4 Å². The zero-order valence-electron chi connectivity index (χ0n) is 15.0. The Morgan fingerprint density at radius 1 is 1.00 bits per heavy atom. The Kier molecular flexibility index (Phi) is 5.07. The van der Waals surface area contributed by atoms with E-state index < -0.39 is 11.3 Å². The first kappa shape index (κ1) is 18.1. The predicted octanol–water partition coefficient (Wildman–Crippen LogP) is 2.86. The third-order valence-electron chi connectivity index (χ3n) is 5.34. The van der Waals surface area contributed by atoms with Crippen LogP contribution in [0.5, 0.6) is 0 Å². The molecular formula is C21H21BNO3. The van der Waals surface area contributed by atoms with E-state index in [2.05, 4.69) is 36.4 Å². The van der Waals surface area contributed by atoms with Crippen molar-refractivity contribution < 1.29 is 14.4 Å². The first-order chi connectivity index (χ1) is 12.5. The van der Waals surface area contributed by atoms with Gasteiger partial charge in [-0.2, -0.15) is 0 Å². The van der Waals surface area contributed by atoms with Crippen LogP contribution in [0.2, 0.25) is 0 Å². The van der Waals surface area contributed by atoms with Crippen LogP contribution in [0.15, 0.2) is 54.6 Å². The molecule has 0 N–H and O–H groups in total. The van der Waals surface area contributed by atoms with Crippen molar-refractivity contribution in [2.24, 2.45) is 5.92 Å². The van der Waals surface area contributed by atoms with Crippen LogP contribution in [0.25, 0.3) is 11.1 Å². The largest absolute Gasteiger partial charge is 0.379 e. The Hall–Kier alpha value is -2.69. The quantitative estimate of drug-likeness (QED) is 0.459. The molecule has 0 aliphatic carbocycles. The molecule has 1 aliphatic rings. The Labute approximate surface area is 154 Å². The summed E-state index contributed by atoms with van der Waals surface area (Å²) in [5, 5.41) is 0. The van der Waals surface area contributed by atoms with Crippen LogP contribution in [0.3, 0.4) is 0 Å². The monoisotopic (exact) mass is 346 g/mol. The van der Waals surface area contributed by atoms with E-state index in [1.54, 1.807) is 0 Å². The van der Waals surface area contributed by atoms with Gasteiger partial charge in [-0.3, -0.25) is 4.79 Å². The van der Waals surface area contributed by atoms with E-state index in [4.69, 9.17) is 0 Å². The van der Waals surface area contributed by atoms with Gasteiger partial charge in [-0.25, -0.2) is 0 Å². The highest BCUT2D eigenvalue weighted by molar-refractivity contribution is 6.66. The van der Waals surface area contributed by atoms with Gasteiger partial charge in [-0.05, 0) is 23.1 Å². The van der Waals surface area contributed by atoms with Crippen molar-refractivity contribution in [3.8, 4) is 11.1 Å². The van der Waals surface area contributed by atoms with Gasteiger partial charge in [0, 0.05) is 11.5 Å². The highest BCUT2D eigenvalue weighted by Gasteiger charge is 2.46. The summed E-state index contributed by atoms with van der Waals surface area (Å²) in [7, 11) is 1.25. The van der Waals surface area contributed by atoms with Crippen LogP contribution in [-0.2, 0) is 19.8 Å². The van der Waals surface area contributed by atoms with Crippen LogP contribution >= 0.6 is 0 Å². The maximum atomic E-state index is 12.4. The fourth-order valence-electron chi connectivity index (χ4n) is 3.71. The predicted molar refractivity (Wildman–Crippen MR) is 102 cm³/mol. The molecule has 0 aromatic heterocycles. The number of aldehydes is 1. The summed E-state index contributed by atoms with van der Waals surface area (Å²) in [4.78, 5) is 36.0. The fourth-order valence-corrected chi connectivity index (χ4v) is 3.71. The molecule has 0 spiro atoms. The Morgan fingerprint density at radius 3 is 2.19 bits per heavy atom. The number of rotatable bonds is 6. The molecule has 1 aliphatic heterocycles. The molecule has 4 nitrogen and oxygen atoms in total. The van der Waals surface area contributed by atoms with Crippen LogP contribution in [0, 0.1) is 5.92 Å². The van der Waals surface area contributed by atoms with Gasteiger partial charge in [0.25, 0.3) is 0 Å². The maximum Gasteiger partial charge on any atom is 0.331 e. The molecule has 1 saturated heterocycles. The van der Waals surface area contributed by atoms with Crippen LogP contribution < -0.4 is 0 Å². The van der Waals surface area contributed by atoms with Crippen molar-refractivity contribution in [3.63, 3.8) is 0 Å². The number of benzene rings is 2. The minimum atomic E-state index is -0.681. The minimum Gasteiger partial charge on any atom is -0.379 e. The molecule has 2 aromatic rings. The van der Waals surface area contributed by atoms with Crippen molar-refractivity contribution >= 4 is 25.8 Å². The molecule has 1 heterocycles. The molecule has 1 fully saturated rings. The van der Waals surface area contributed by atoms with Crippen molar-refractivity contribution in [1.82, 2.24) is 4.81 Å². The molecule has 0 bridgehead atoms. The fraction of sp³-hybridized carbons (Fsp3) is 0.286. The smallest absolute Gasteiger partial charge is 0.331 e. The molecule has 1 radical (unpaired) electrons. The van der Waals surface area contributed by atoms with E-state index in [-0.39, 0.29) is 11.9 Å². The van der Waals surface area contributed by atoms with Gasteiger partial charge in [0.2, 0.25) is 5.91 Å². The molecule has 131 valence electrons. The molecule has 2 aromatic carbocycles. The first-order valence-electron chi connectivity index (χ1n) is 8.71. The van der Waals surface area contributed by atoms with Crippen molar-refractivity contribution in [3.05, 3.63) is 60.2 Å². The summed E-state index contributed by atoms with van der Waals surface area (Å²) in [5.74, 6) is -0.981. The van der Waals surface area contributed by atoms with Crippen LogP contribution in [0.4, 0.5) is 0 Å². The number of hydrogen-bond donors (Lipinski definition) is 0. The second kappa shape index (κ2) is 7.28. The van der Waals surface area contributed by atoms with Gasteiger partial charge in [0.1, 0.15) is 12.5 Å². The molecule has 5 heteroatoms. The lowest BCUT2D eigenvalue weighted by Gasteiger charge is -2.38. The van der Waals surface area contributed by atoms with E-state index >= 15 is 0 Å². The second-order valence-electron chi connectivity index (χ2n) is 7.19. The summed E-state index contributed by atoms with van der Waals surface area (Å²) in [6.45, 7) is 4.09. The molecule has 26 heavy (non-hydrogen) atoms. The molecular weight excluding hydrogens is 325 g/mol. The third kappa shape index (κ3) is 3.21. The lowest BCUT2D eigenvalue weighted by atomic mass is 9.73. The van der Waals surface area contributed by atoms with Gasteiger partial charge >= 0.3 is 7.41 Å². The topological polar surface area (TPSA) is 54.5 Å². The standard InChI is InChI=1S/C21H21BNO3/c1-21(2,19-12-17(13-24)20(26)23(19)22-14-25)18-10-8-16(9-11-18)15-6-4-3-5-7-15/h3-11,13-14,17,19H,12H2,1-2H3/t17?,19-/m0/s1. The highest BCUT2D eigenvalue weighted by atomic mass is 16.2. The number of nitrogens with zero attached hydrogens (tertiary/aromatic N) is 1. The summed E-state index contributed by atoms with van der Waals surface area (Å²) in [5.41, 5.74) is 2.92. The van der Waals surface area contributed by atoms with E-state index in [0.29, 0.717) is 18.9 Å². The molecule has 3 rings (SSSR count). The molecule has 1 unspecified atom stereocenters. The average molecular weight is 346 g/mol. The lowest BCUT2D eigenvalue weighted by Crippen LogP contribution is -2.47. The van der Waals surface area contributed by atoms with Gasteiger partial charge in [0.05, 0.1) is 5.92 Å². The number of carbonyl (C=O) groups excluding carboxylic acids is 3. The third-order valence-corrected chi connectivity index (χ3v) is 5.34. The van der Waals surface area contributed by atoms with Crippen LogP contribution in [-0.4, -0.2) is 36.6 Å². The van der Waals surface area contributed by atoms with E-state index in [1.165, 1.54) is 12.2 Å². The minimum absolute atomic E-state index is 0.238. The summed E-state index contributed by atoms with van der Waals surface area (Å²) in [6.07, 6.45) is 1.70.